The van der Waals surface area contributed by atoms with E-state index in [0.717, 1.165) is 36.0 Å². The van der Waals surface area contributed by atoms with Gasteiger partial charge in [0, 0.05) is 35.4 Å². The highest BCUT2D eigenvalue weighted by Gasteiger charge is 2.38. The number of pyridine rings is 1. The molecule has 2 saturated heterocycles. The van der Waals surface area contributed by atoms with Crippen LogP contribution in [0.4, 0.5) is 0 Å². The van der Waals surface area contributed by atoms with Crippen LogP contribution in [0, 0.1) is 5.92 Å². The van der Waals surface area contributed by atoms with Crippen LogP contribution < -0.4 is 5.32 Å². The summed E-state index contributed by atoms with van der Waals surface area (Å²) in [6.07, 6.45) is 3.66. The Labute approximate surface area is 126 Å². The topological polar surface area (TPSA) is 62.3 Å². The van der Waals surface area contributed by atoms with Gasteiger partial charge in [-0.15, -0.1) is 11.3 Å². The van der Waals surface area contributed by atoms with Crippen LogP contribution in [0.15, 0.2) is 18.3 Å². The number of rotatable bonds is 3. The van der Waals surface area contributed by atoms with Crippen molar-refractivity contribution < 1.29 is 9.59 Å². The van der Waals surface area contributed by atoms with Crippen molar-refractivity contribution in [1.82, 2.24) is 15.2 Å². The first-order chi connectivity index (χ1) is 10.2. The summed E-state index contributed by atoms with van der Waals surface area (Å²) in [5.41, 5.74) is 0.430. The van der Waals surface area contributed by atoms with E-state index in [1.54, 1.807) is 18.3 Å². The Morgan fingerprint density at radius 2 is 2.33 bits per heavy atom. The summed E-state index contributed by atoms with van der Waals surface area (Å²) in [7, 11) is 0. The number of aldehydes is 1. The average Bonchev–Trinajstić information content (AvgIpc) is 3.20. The molecule has 0 saturated carbocycles. The van der Waals surface area contributed by atoms with E-state index in [1.165, 1.54) is 17.8 Å². The molecule has 4 heterocycles. The largest absolute Gasteiger partial charge is 0.346 e. The van der Waals surface area contributed by atoms with Crippen molar-refractivity contribution in [3.63, 3.8) is 0 Å². The number of nitrogens with zero attached hydrogens (tertiary/aromatic N) is 2. The highest BCUT2D eigenvalue weighted by molar-refractivity contribution is 7.20. The van der Waals surface area contributed by atoms with Crippen LogP contribution in [0.5, 0.6) is 0 Å². The Bertz CT molecular complexity index is 727. The highest BCUT2D eigenvalue weighted by atomic mass is 32.1. The third-order valence-corrected chi connectivity index (χ3v) is 5.44. The van der Waals surface area contributed by atoms with Crippen LogP contribution in [-0.2, 0) is 0 Å². The number of hydrogen-bond acceptors (Lipinski definition) is 5. The number of hydrogen-bond donors (Lipinski definition) is 1. The van der Waals surface area contributed by atoms with Gasteiger partial charge in [0.25, 0.3) is 5.91 Å². The standard InChI is InChI=1S/C15H15N3O2S/c19-8-11-3-10-5-16-12(4-14(10)21-11)15(20)17-13-7-18-2-1-9(13)6-18/h3-5,8-9,13H,1-2,6-7H2,(H,17,20). The first-order valence-corrected chi connectivity index (χ1v) is 7.92. The number of amides is 1. The van der Waals surface area contributed by atoms with Gasteiger partial charge in [0.05, 0.1) is 4.88 Å². The smallest absolute Gasteiger partial charge is 0.270 e. The fourth-order valence-electron chi connectivity index (χ4n) is 3.33. The summed E-state index contributed by atoms with van der Waals surface area (Å²) in [4.78, 5) is 30.4. The molecule has 0 radical (unpaired) electrons. The van der Waals surface area contributed by atoms with E-state index in [0.29, 0.717) is 16.5 Å². The molecule has 0 spiro atoms. The van der Waals surface area contributed by atoms with E-state index < -0.39 is 0 Å². The molecule has 3 atom stereocenters. The third kappa shape index (κ3) is 2.24. The van der Waals surface area contributed by atoms with Gasteiger partial charge < -0.3 is 10.2 Å². The van der Waals surface area contributed by atoms with Gasteiger partial charge in [0.15, 0.2) is 6.29 Å². The maximum Gasteiger partial charge on any atom is 0.270 e. The summed E-state index contributed by atoms with van der Waals surface area (Å²) in [5, 5.41) is 4.01. The monoisotopic (exact) mass is 301 g/mol. The molecule has 108 valence electrons. The quantitative estimate of drug-likeness (QED) is 0.874. The van der Waals surface area contributed by atoms with Crippen molar-refractivity contribution in [3.05, 3.63) is 28.9 Å². The zero-order valence-corrected chi connectivity index (χ0v) is 12.2. The molecule has 0 aromatic carbocycles. The fraction of sp³-hybridized carbons (Fsp3) is 0.400. The van der Waals surface area contributed by atoms with Crippen molar-refractivity contribution in [2.45, 2.75) is 12.5 Å². The Morgan fingerprint density at radius 3 is 3.05 bits per heavy atom. The molecule has 0 aliphatic carbocycles. The lowest BCUT2D eigenvalue weighted by molar-refractivity contribution is 0.0919. The SMILES string of the molecule is O=Cc1cc2cnc(C(=O)NC3CN4CCC3C4)cc2s1. The molecule has 6 heteroatoms. The lowest BCUT2D eigenvalue weighted by atomic mass is 10.00. The number of fused-ring (bicyclic) bond motifs is 3. The van der Waals surface area contributed by atoms with Gasteiger partial charge in [0.2, 0.25) is 0 Å². The predicted octanol–water partition coefficient (Wildman–Crippen LogP) is 1.54. The molecule has 5 nitrogen and oxygen atoms in total. The van der Waals surface area contributed by atoms with Crippen molar-refractivity contribution in [2.75, 3.05) is 19.6 Å². The van der Waals surface area contributed by atoms with Gasteiger partial charge in [-0.3, -0.25) is 14.6 Å². The maximum absolute atomic E-state index is 12.3. The fourth-order valence-corrected chi connectivity index (χ4v) is 4.21. The maximum atomic E-state index is 12.3. The van der Waals surface area contributed by atoms with Crippen molar-refractivity contribution in [3.8, 4) is 0 Å². The lowest BCUT2D eigenvalue weighted by Gasteiger charge is -2.22. The second kappa shape index (κ2) is 4.89. The van der Waals surface area contributed by atoms with E-state index >= 15 is 0 Å². The second-order valence-electron chi connectivity index (χ2n) is 5.76. The van der Waals surface area contributed by atoms with Crippen LogP contribution in [0.1, 0.15) is 26.6 Å². The number of aromatic nitrogens is 1. The minimum Gasteiger partial charge on any atom is -0.346 e. The number of nitrogens with one attached hydrogen (secondary N) is 1. The van der Waals surface area contributed by atoms with Gasteiger partial charge in [-0.25, -0.2) is 0 Å². The molecule has 2 fully saturated rings. The van der Waals surface area contributed by atoms with Gasteiger partial charge in [-0.05, 0) is 31.0 Å². The van der Waals surface area contributed by atoms with Gasteiger partial charge >= 0.3 is 0 Å². The molecule has 4 rings (SSSR count). The molecule has 2 aromatic rings. The molecule has 2 aromatic heterocycles. The number of piperidine rings is 1. The predicted molar refractivity (Wildman–Crippen MR) is 80.8 cm³/mol. The van der Waals surface area contributed by atoms with E-state index in [9.17, 15) is 9.59 Å². The minimum absolute atomic E-state index is 0.114. The van der Waals surface area contributed by atoms with Crippen LogP contribution in [0.2, 0.25) is 0 Å². The third-order valence-electron chi connectivity index (χ3n) is 4.42. The van der Waals surface area contributed by atoms with Gasteiger partial charge in [-0.1, -0.05) is 0 Å². The van der Waals surface area contributed by atoms with E-state index in [1.807, 2.05) is 0 Å². The van der Waals surface area contributed by atoms with Gasteiger partial charge in [0.1, 0.15) is 5.69 Å². The van der Waals surface area contributed by atoms with E-state index in [-0.39, 0.29) is 11.9 Å². The summed E-state index contributed by atoms with van der Waals surface area (Å²) in [5.74, 6) is 0.470. The van der Waals surface area contributed by atoms with E-state index in [4.69, 9.17) is 0 Å². The zero-order chi connectivity index (χ0) is 14.4. The van der Waals surface area contributed by atoms with Crippen molar-refractivity contribution >= 4 is 33.6 Å². The Morgan fingerprint density at radius 1 is 1.43 bits per heavy atom. The first kappa shape index (κ1) is 12.9. The summed E-state index contributed by atoms with van der Waals surface area (Å²) in [6, 6.07) is 3.82. The summed E-state index contributed by atoms with van der Waals surface area (Å²) in [6.45, 7) is 3.21. The number of carbonyl (C=O) groups excluding carboxylic acids is 2. The Balaban J connectivity index is 1.54. The molecule has 3 unspecified atom stereocenters. The van der Waals surface area contributed by atoms with E-state index in [2.05, 4.69) is 15.2 Å². The molecule has 1 N–H and O–H groups in total. The van der Waals surface area contributed by atoms with Crippen LogP contribution >= 0.6 is 11.3 Å². The number of carbonyl (C=O) groups is 2. The molecule has 2 aliphatic rings. The Kier molecular flexibility index (Phi) is 3.01. The second-order valence-corrected chi connectivity index (χ2v) is 6.88. The molecular formula is C15H15N3O2S. The molecule has 1 amide bonds. The molecule has 21 heavy (non-hydrogen) atoms. The van der Waals surface area contributed by atoms with Crippen LogP contribution in [-0.4, -0.2) is 47.8 Å². The van der Waals surface area contributed by atoms with Crippen molar-refractivity contribution in [1.29, 1.82) is 0 Å². The Hall–Kier alpha value is -1.79. The molecular weight excluding hydrogens is 286 g/mol. The number of thiophene rings is 1. The molecule has 2 bridgehead atoms. The normalized spacial score (nSPS) is 27.1. The minimum atomic E-state index is -0.114. The van der Waals surface area contributed by atoms with Crippen LogP contribution in [0.3, 0.4) is 0 Å². The highest BCUT2D eigenvalue weighted by Crippen LogP contribution is 2.28. The molecule has 2 aliphatic heterocycles. The first-order valence-electron chi connectivity index (χ1n) is 7.11. The van der Waals surface area contributed by atoms with Crippen LogP contribution in [0.25, 0.3) is 10.1 Å². The zero-order valence-electron chi connectivity index (χ0n) is 11.4. The van der Waals surface area contributed by atoms with Gasteiger partial charge in [-0.2, -0.15) is 0 Å². The summed E-state index contributed by atoms with van der Waals surface area (Å²) < 4.78 is 0.925. The van der Waals surface area contributed by atoms with Crippen molar-refractivity contribution in [2.24, 2.45) is 5.92 Å². The lowest BCUT2D eigenvalue weighted by Crippen LogP contribution is -2.43. The summed E-state index contributed by atoms with van der Waals surface area (Å²) >= 11 is 1.39. The average molecular weight is 301 g/mol.